The second-order valence-electron chi connectivity index (χ2n) is 12.1. The van der Waals surface area contributed by atoms with Gasteiger partial charge in [0.1, 0.15) is 30.0 Å². The van der Waals surface area contributed by atoms with Crippen LogP contribution in [0.1, 0.15) is 78.9 Å². The molecule has 2 amide bonds. The molecule has 2 aromatic rings. The van der Waals surface area contributed by atoms with Crippen molar-refractivity contribution in [3.8, 4) is 0 Å². The second-order valence-corrected chi connectivity index (χ2v) is 12.1. The Morgan fingerprint density at radius 1 is 0.767 bits per heavy atom. The predicted molar refractivity (Wildman–Crippen MR) is 163 cm³/mol. The highest BCUT2D eigenvalue weighted by atomic mass is 16.6. The first-order valence-electron chi connectivity index (χ1n) is 14.5. The van der Waals surface area contributed by atoms with Crippen LogP contribution in [0.5, 0.6) is 0 Å². The molecule has 0 heterocycles. The molecule has 9 heteroatoms. The molecule has 0 saturated carbocycles. The summed E-state index contributed by atoms with van der Waals surface area (Å²) in [5.41, 5.74) is -0.146. The Labute approximate surface area is 255 Å². The first kappa shape index (κ1) is 35.2. The maximum Gasteiger partial charge on any atom is 0.420 e. The molecule has 0 aliphatic rings. The van der Waals surface area contributed by atoms with E-state index in [0.717, 1.165) is 11.1 Å². The topological polar surface area (TPSA) is 108 Å². The van der Waals surface area contributed by atoms with E-state index in [-0.39, 0.29) is 18.8 Å². The van der Waals surface area contributed by atoms with Crippen molar-refractivity contribution < 1.29 is 38.1 Å². The molecule has 0 saturated heterocycles. The van der Waals surface area contributed by atoms with Crippen molar-refractivity contribution in [2.24, 2.45) is 0 Å². The lowest BCUT2D eigenvalue weighted by atomic mass is 10.1. The van der Waals surface area contributed by atoms with Crippen LogP contribution in [0, 0.1) is 0 Å². The van der Waals surface area contributed by atoms with Gasteiger partial charge in [-0.05, 0) is 84.9 Å². The van der Waals surface area contributed by atoms with Crippen molar-refractivity contribution in [1.82, 2.24) is 4.90 Å². The fourth-order valence-corrected chi connectivity index (χ4v) is 3.77. The van der Waals surface area contributed by atoms with E-state index in [1.807, 2.05) is 48.5 Å². The Hall–Kier alpha value is -3.98. The van der Waals surface area contributed by atoms with Crippen molar-refractivity contribution in [2.45, 2.75) is 104 Å². The number of hydrogen-bond acceptors (Lipinski definition) is 8. The first-order chi connectivity index (χ1) is 20.2. The first-order valence-corrected chi connectivity index (χ1v) is 14.5. The van der Waals surface area contributed by atoms with E-state index in [2.05, 4.69) is 0 Å². The van der Waals surface area contributed by atoms with Crippen molar-refractivity contribution in [3.05, 3.63) is 83.9 Å². The van der Waals surface area contributed by atoms with Gasteiger partial charge in [-0.3, -0.25) is 4.79 Å². The molecule has 0 fully saturated rings. The minimum absolute atomic E-state index is 0.0398. The van der Waals surface area contributed by atoms with Gasteiger partial charge in [0.2, 0.25) is 0 Å². The van der Waals surface area contributed by atoms with Crippen LogP contribution < -0.4 is 0 Å². The number of ether oxygens (including phenoxy) is 4. The Balaban J connectivity index is 2.14. The smallest absolute Gasteiger partial charge is 0.420 e. The van der Waals surface area contributed by atoms with Gasteiger partial charge < -0.3 is 18.9 Å². The van der Waals surface area contributed by atoms with Gasteiger partial charge in [0, 0.05) is 0 Å². The van der Waals surface area contributed by atoms with Crippen molar-refractivity contribution >= 4 is 23.9 Å². The molecule has 0 unspecified atom stereocenters. The summed E-state index contributed by atoms with van der Waals surface area (Å²) in [5, 5.41) is 0. The van der Waals surface area contributed by atoms with Gasteiger partial charge >= 0.3 is 18.2 Å². The fourth-order valence-electron chi connectivity index (χ4n) is 3.77. The average Bonchev–Trinajstić information content (AvgIpc) is 2.92. The normalized spacial score (nSPS) is 13.2. The minimum atomic E-state index is -1.31. The summed E-state index contributed by atoms with van der Waals surface area (Å²) >= 11 is 0. The number of ketones is 1. The maximum absolute atomic E-state index is 13.4. The van der Waals surface area contributed by atoms with Gasteiger partial charge in [0.25, 0.3) is 0 Å². The number of carbonyl (C=O) groups excluding carboxylic acids is 4. The fraction of sp³-hybridized carbons (Fsp3) is 0.471. The Morgan fingerprint density at radius 3 is 1.74 bits per heavy atom. The lowest BCUT2D eigenvalue weighted by Crippen LogP contribution is -2.52. The summed E-state index contributed by atoms with van der Waals surface area (Å²) in [6, 6.07) is 17.3. The molecule has 0 N–H and O–H groups in total. The van der Waals surface area contributed by atoms with Crippen LogP contribution >= 0.6 is 0 Å². The van der Waals surface area contributed by atoms with Gasteiger partial charge in [-0.15, -0.1) is 0 Å². The van der Waals surface area contributed by atoms with Gasteiger partial charge in [-0.25, -0.2) is 14.4 Å². The van der Waals surface area contributed by atoms with Gasteiger partial charge in [0.15, 0.2) is 5.78 Å². The van der Waals surface area contributed by atoms with E-state index in [1.165, 1.54) is 6.08 Å². The zero-order valence-corrected chi connectivity index (χ0v) is 26.3. The maximum atomic E-state index is 13.4. The zero-order valence-electron chi connectivity index (χ0n) is 26.3. The highest BCUT2D eigenvalue weighted by Gasteiger charge is 2.40. The molecule has 0 radical (unpaired) electrons. The molecule has 0 bridgehead atoms. The third kappa shape index (κ3) is 13.7. The number of imide groups is 1. The lowest BCUT2D eigenvalue weighted by Gasteiger charge is -2.32. The number of hydrogen-bond donors (Lipinski definition) is 0. The highest BCUT2D eigenvalue weighted by Crippen LogP contribution is 2.21. The van der Waals surface area contributed by atoms with Gasteiger partial charge in [0.05, 0.1) is 6.61 Å². The number of amides is 2. The highest BCUT2D eigenvalue weighted by molar-refractivity contribution is 5.94. The number of allylic oxidation sites excluding steroid dienone is 1. The number of benzene rings is 2. The van der Waals surface area contributed by atoms with Crippen molar-refractivity contribution in [1.29, 1.82) is 0 Å². The quantitative estimate of drug-likeness (QED) is 0.104. The summed E-state index contributed by atoms with van der Waals surface area (Å²) in [6.45, 7) is 11.9. The molecule has 0 aliphatic heterocycles. The number of nitrogens with zero attached hydrogens (tertiary/aromatic N) is 1. The SMILES string of the molecule is C[C@H](OCc1ccccc1)C(=O)/C=C/CCC[C@@H](C(=O)OCc1ccccc1)N(C(=O)OC(C)(C)C)C(=O)OC(C)(C)C. The van der Waals surface area contributed by atoms with Crippen LogP contribution in [0.4, 0.5) is 9.59 Å². The second kappa shape index (κ2) is 16.6. The van der Waals surface area contributed by atoms with Crippen LogP contribution in [0.2, 0.25) is 0 Å². The van der Waals surface area contributed by atoms with Crippen LogP contribution in [0.3, 0.4) is 0 Å². The number of unbranched alkanes of at least 4 members (excludes halogenated alkanes) is 1. The van der Waals surface area contributed by atoms with Crippen LogP contribution in [-0.4, -0.2) is 52.2 Å². The standard InChI is InChI=1S/C34H45NO8/c1-25(40-23-26-17-11-8-12-18-26)29(36)22-16-10-15-21-28(30(37)41-24-27-19-13-9-14-20-27)35(31(38)42-33(2,3)4)32(39)43-34(5,6)7/h8-9,11-14,16-20,22,25,28H,10,15,21,23-24H2,1-7H3/b22-16+/t25-,28-/m0/s1. The van der Waals surface area contributed by atoms with Gasteiger partial charge in [-0.2, -0.15) is 4.90 Å². The predicted octanol–water partition coefficient (Wildman–Crippen LogP) is 7.17. The molecule has 2 atom stereocenters. The van der Waals surface area contributed by atoms with Crippen LogP contribution in [-0.2, 0) is 41.8 Å². The summed E-state index contributed by atoms with van der Waals surface area (Å²) < 4.78 is 22.2. The molecule has 43 heavy (non-hydrogen) atoms. The number of esters is 1. The van der Waals surface area contributed by atoms with Crippen LogP contribution in [0.15, 0.2) is 72.8 Å². The lowest BCUT2D eigenvalue weighted by molar-refractivity contribution is -0.151. The summed E-state index contributed by atoms with van der Waals surface area (Å²) in [4.78, 5) is 53.1. The number of carbonyl (C=O) groups is 4. The largest absolute Gasteiger partial charge is 0.459 e. The summed E-state index contributed by atoms with van der Waals surface area (Å²) in [5.74, 6) is -0.970. The molecule has 2 aromatic carbocycles. The third-order valence-electron chi connectivity index (χ3n) is 5.86. The molecule has 9 nitrogen and oxygen atoms in total. The molecule has 0 spiro atoms. The van der Waals surface area contributed by atoms with E-state index in [9.17, 15) is 19.2 Å². The molecule has 0 aliphatic carbocycles. The van der Waals surface area contributed by atoms with E-state index >= 15 is 0 Å². The number of rotatable bonds is 13. The summed E-state index contributed by atoms with van der Waals surface area (Å²) in [7, 11) is 0. The van der Waals surface area contributed by atoms with Crippen LogP contribution in [0.25, 0.3) is 0 Å². The van der Waals surface area contributed by atoms with Gasteiger partial charge in [-0.1, -0.05) is 66.7 Å². The molecule has 2 rings (SSSR count). The molecule has 234 valence electrons. The molecular formula is C34H45NO8. The Bertz CT molecular complexity index is 1180. The summed E-state index contributed by atoms with van der Waals surface area (Å²) in [6.07, 6.45) is 1.28. The van der Waals surface area contributed by atoms with Crippen molar-refractivity contribution in [2.75, 3.05) is 0 Å². The average molecular weight is 596 g/mol. The van der Waals surface area contributed by atoms with E-state index in [0.29, 0.717) is 24.3 Å². The van der Waals surface area contributed by atoms with Crippen molar-refractivity contribution in [3.63, 3.8) is 0 Å². The van der Waals surface area contributed by atoms with E-state index in [1.54, 1.807) is 66.7 Å². The Morgan fingerprint density at radius 2 is 1.26 bits per heavy atom. The van der Waals surface area contributed by atoms with E-state index in [4.69, 9.17) is 18.9 Å². The molecule has 0 aromatic heterocycles. The Kier molecular flexibility index (Phi) is 13.6. The third-order valence-corrected chi connectivity index (χ3v) is 5.86. The minimum Gasteiger partial charge on any atom is -0.459 e. The monoisotopic (exact) mass is 595 g/mol. The zero-order chi connectivity index (χ0) is 32.0. The van der Waals surface area contributed by atoms with E-state index < -0.39 is 41.5 Å². The molecular weight excluding hydrogens is 550 g/mol.